The number of aromatic nitrogens is 3. The van der Waals surface area contributed by atoms with Crippen LogP contribution in [0.4, 0.5) is 8.78 Å². The lowest BCUT2D eigenvalue weighted by molar-refractivity contribution is -0.0206. The number of morpholine rings is 1. The molecule has 122 valence electrons. The minimum atomic E-state index is -0.676. The normalized spacial score (nSPS) is 25.9. The number of fused-ring (bicyclic) bond motifs is 2. The number of hydrogen-bond acceptors (Lipinski definition) is 5. The lowest BCUT2D eigenvalue weighted by Crippen LogP contribution is -2.42. The van der Waals surface area contributed by atoms with Crippen molar-refractivity contribution in [3.8, 4) is 5.75 Å². The number of benzene rings is 1. The van der Waals surface area contributed by atoms with Crippen LogP contribution in [0.2, 0.25) is 0 Å². The summed E-state index contributed by atoms with van der Waals surface area (Å²) in [5, 5.41) is 11.5. The fraction of sp³-hybridized carbons (Fsp3) is 0.467. The number of rotatable bonds is 5. The first-order valence-corrected chi connectivity index (χ1v) is 7.46. The van der Waals surface area contributed by atoms with Crippen molar-refractivity contribution in [3.05, 3.63) is 41.7 Å². The Morgan fingerprint density at radius 1 is 1.35 bits per heavy atom. The highest BCUT2D eigenvalue weighted by Crippen LogP contribution is 2.32. The van der Waals surface area contributed by atoms with Gasteiger partial charge in [0.15, 0.2) is 0 Å². The van der Waals surface area contributed by atoms with Crippen molar-refractivity contribution >= 4 is 0 Å². The fourth-order valence-corrected chi connectivity index (χ4v) is 3.14. The van der Waals surface area contributed by atoms with Crippen molar-refractivity contribution in [1.82, 2.24) is 20.3 Å². The molecule has 8 heteroatoms. The lowest BCUT2D eigenvalue weighted by atomic mass is 10.0. The molecule has 2 fully saturated rings. The number of halogens is 2. The van der Waals surface area contributed by atoms with E-state index in [4.69, 9.17) is 9.47 Å². The summed E-state index contributed by atoms with van der Waals surface area (Å²) in [5.41, 5.74) is 0.383. The zero-order valence-corrected chi connectivity index (χ0v) is 12.3. The van der Waals surface area contributed by atoms with Gasteiger partial charge in [0, 0.05) is 30.8 Å². The van der Waals surface area contributed by atoms with Gasteiger partial charge in [-0.25, -0.2) is 13.5 Å². The van der Waals surface area contributed by atoms with Crippen LogP contribution < -0.4 is 10.1 Å². The highest BCUT2D eigenvalue weighted by atomic mass is 19.1. The van der Waals surface area contributed by atoms with Gasteiger partial charge >= 0.3 is 0 Å². The summed E-state index contributed by atoms with van der Waals surface area (Å²) in [4.78, 5) is 0. The Morgan fingerprint density at radius 3 is 2.83 bits per heavy atom. The van der Waals surface area contributed by atoms with Crippen LogP contribution >= 0.6 is 0 Å². The van der Waals surface area contributed by atoms with E-state index < -0.39 is 11.6 Å². The molecule has 2 saturated heterocycles. The van der Waals surface area contributed by atoms with Gasteiger partial charge in [0.1, 0.15) is 35.3 Å². The van der Waals surface area contributed by atoms with Crippen LogP contribution in [0.15, 0.2) is 24.4 Å². The van der Waals surface area contributed by atoms with Gasteiger partial charge in [0.2, 0.25) is 0 Å². The largest absolute Gasteiger partial charge is 0.487 e. The first kappa shape index (κ1) is 14.5. The predicted octanol–water partition coefficient (Wildman–Crippen LogP) is 1.27. The maximum Gasteiger partial charge on any atom is 0.134 e. The summed E-state index contributed by atoms with van der Waals surface area (Å²) in [7, 11) is 0. The zero-order chi connectivity index (χ0) is 15.9. The summed E-state index contributed by atoms with van der Waals surface area (Å²) < 4.78 is 39.1. The first-order chi connectivity index (χ1) is 11.1. The standard InChI is InChI=1S/C15H16F2N4O2/c16-10-1-11(17)3-14(2-10)22-6-13-5-21(20-19-13)9-15-4-12(7-23-15)18-8-15/h1-3,5,12,18H,4,6-9H2. The Bertz CT molecular complexity index is 693. The minimum absolute atomic E-state index is 0.0949. The second-order valence-electron chi connectivity index (χ2n) is 6.08. The van der Waals surface area contributed by atoms with Crippen LogP contribution in [0.5, 0.6) is 5.75 Å². The van der Waals surface area contributed by atoms with Crippen LogP contribution in [-0.4, -0.2) is 39.8 Å². The van der Waals surface area contributed by atoms with E-state index in [0.29, 0.717) is 18.3 Å². The van der Waals surface area contributed by atoms with Crippen molar-refractivity contribution in [2.45, 2.75) is 31.2 Å². The molecule has 0 spiro atoms. The zero-order valence-electron chi connectivity index (χ0n) is 12.3. The molecule has 1 aromatic carbocycles. The second-order valence-corrected chi connectivity index (χ2v) is 6.08. The number of hydrogen-bond donors (Lipinski definition) is 1. The van der Waals surface area contributed by atoms with Gasteiger partial charge in [-0.15, -0.1) is 5.10 Å². The van der Waals surface area contributed by atoms with E-state index >= 15 is 0 Å². The molecular formula is C15H16F2N4O2. The third kappa shape index (κ3) is 3.04. The molecule has 2 unspecified atom stereocenters. The molecule has 1 aromatic heterocycles. The van der Waals surface area contributed by atoms with Gasteiger partial charge < -0.3 is 14.8 Å². The maximum absolute atomic E-state index is 13.1. The molecule has 23 heavy (non-hydrogen) atoms. The van der Waals surface area contributed by atoms with Gasteiger partial charge in [-0.3, -0.25) is 0 Å². The number of nitrogens with one attached hydrogen (secondary N) is 1. The molecule has 2 bridgehead atoms. The summed E-state index contributed by atoms with van der Waals surface area (Å²) in [6.45, 7) is 2.26. The lowest BCUT2D eigenvalue weighted by Gasteiger charge is -2.26. The van der Waals surface area contributed by atoms with Gasteiger partial charge in [-0.2, -0.15) is 0 Å². The van der Waals surface area contributed by atoms with Crippen LogP contribution in [0, 0.1) is 11.6 Å². The Kier molecular flexibility index (Phi) is 3.50. The smallest absolute Gasteiger partial charge is 0.134 e. The van der Waals surface area contributed by atoms with Crippen LogP contribution in [0.3, 0.4) is 0 Å². The Hall–Kier alpha value is -2.06. The second kappa shape index (κ2) is 5.54. The summed E-state index contributed by atoms with van der Waals surface area (Å²) in [5.74, 6) is -1.23. The topological polar surface area (TPSA) is 61.2 Å². The van der Waals surface area contributed by atoms with E-state index in [1.165, 1.54) is 0 Å². The highest BCUT2D eigenvalue weighted by Gasteiger charge is 2.46. The van der Waals surface area contributed by atoms with E-state index in [9.17, 15) is 8.78 Å². The molecule has 3 heterocycles. The summed E-state index contributed by atoms with van der Waals surface area (Å²) in [6, 6.07) is 3.49. The van der Waals surface area contributed by atoms with E-state index in [2.05, 4.69) is 15.6 Å². The number of ether oxygens (including phenoxy) is 2. The Morgan fingerprint density at radius 2 is 2.17 bits per heavy atom. The van der Waals surface area contributed by atoms with E-state index in [1.54, 1.807) is 10.9 Å². The SMILES string of the molecule is Fc1cc(F)cc(OCc2cn(CC34CNC(CO3)C4)nn2)c1. The molecule has 0 radical (unpaired) electrons. The Balaban J connectivity index is 1.38. The molecule has 0 amide bonds. The van der Waals surface area contributed by atoms with E-state index in [-0.39, 0.29) is 18.0 Å². The van der Waals surface area contributed by atoms with Crippen molar-refractivity contribution in [2.75, 3.05) is 13.2 Å². The third-order valence-electron chi connectivity index (χ3n) is 4.18. The molecule has 0 saturated carbocycles. The Labute approximate surface area is 131 Å². The van der Waals surface area contributed by atoms with Crippen molar-refractivity contribution in [3.63, 3.8) is 0 Å². The molecule has 2 atom stereocenters. The highest BCUT2D eigenvalue weighted by molar-refractivity contribution is 5.23. The molecule has 4 rings (SSSR count). The summed E-state index contributed by atoms with van der Waals surface area (Å²) in [6.07, 6.45) is 2.74. The van der Waals surface area contributed by atoms with Gasteiger partial charge in [-0.05, 0) is 6.42 Å². The monoisotopic (exact) mass is 322 g/mol. The van der Waals surface area contributed by atoms with E-state index in [1.807, 2.05) is 0 Å². The predicted molar refractivity (Wildman–Crippen MR) is 75.8 cm³/mol. The van der Waals surface area contributed by atoms with E-state index in [0.717, 1.165) is 37.8 Å². The maximum atomic E-state index is 13.1. The van der Waals surface area contributed by atoms with Crippen molar-refractivity contribution < 1.29 is 18.3 Å². The van der Waals surface area contributed by atoms with Gasteiger partial charge in [0.05, 0.1) is 19.3 Å². The quantitative estimate of drug-likeness (QED) is 0.898. The summed E-state index contributed by atoms with van der Waals surface area (Å²) >= 11 is 0. The molecule has 0 aliphatic carbocycles. The van der Waals surface area contributed by atoms with Crippen LogP contribution in [0.25, 0.3) is 0 Å². The number of nitrogens with zero attached hydrogens (tertiary/aromatic N) is 3. The average molecular weight is 322 g/mol. The minimum Gasteiger partial charge on any atom is -0.487 e. The first-order valence-electron chi connectivity index (χ1n) is 7.46. The van der Waals surface area contributed by atoms with Crippen molar-refractivity contribution in [1.29, 1.82) is 0 Å². The third-order valence-corrected chi connectivity index (χ3v) is 4.18. The molecular weight excluding hydrogens is 306 g/mol. The molecule has 2 aliphatic rings. The average Bonchev–Trinajstić information content (AvgIpc) is 3.20. The molecule has 2 aromatic rings. The molecule has 6 nitrogen and oxygen atoms in total. The van der Waals surface area contributed by atoms with Crippen LogP contribution in [0.1, 0.15) is 12.1 Å². The van der Waals surface area contributed by atoms with Gasteiger partial charge in [0.25, 0.3) is 0 Å². The van der Waals surface area contributed by atoms with Crippen LogP contribution in [-0.2, 0) is 17.9 Å². The van der Waals surface area contributed by atoms with Crippen molar-refractivity contribution in [2.24, 2.45) is 0 Å². The molecule has 2 aliphatic heterocycles. The fourth-order valence-electron chi connectivity index (χ4n) is 3.14. The van der Waals surface area contributed by atoms with Gasteiger partial charge in [-0.1, -0.05) is 5.21 Å². The molecule has 1 N–H and O–H groups in total.